The minimum absolute atomic E-state index is 0.0656. The summed E-state index contributed by atoms with van der Waals surface area (Å²) in [5.74, 6) is 1.000. The van der Waals surface area contributed by atoms with Crippen LogP contribution in [-0.4, -0.2) is 24.5 Å². The number of carbonyl (C=O) groups excluding carboxylic acids is 1. The summed E-state index contributed by atoms with van der Waals surface area (Å²) in [4.78, 5) is 13.6. The molecule has 4 nitrogen and oxygen atoms in total. The van der Waals surface area contributed by atoms with Gasteiger partial charge in [-0.1, -0.05) is 6.07 Å². The maximum Gasteiger partial charge on any atom is 0.416 e. The smallest absolute Gasteiger partial charge is 0.416 e. The molecular weight excluding hydrogens is 377 g/mol. The van der Waals surface area contributed by atoms with Crippen molar-refractivity contribution in [2.24, 2.45) is 11.0 Å². The molecule has 2 aromatic carbocycles. The number of nitrogens with zero attached hydrogens (tertiary/aromatic N) is 2. The Hall–Kier alpha value is -2.48. The summed E-state index contributed by atoms with van der Waals surface area (Å²) in [6, 6.07) is 10.3. The molecule has 1 amide bonds. The van der Waals surface area contributed by atoms with Crippen LogP contribution in [0.1, 0.15) is 17.5 Å². The molecule has 4 rings (SSSR count). The number of benzene rings is 2. The normalized spacial score (nSPS) is 19.3. The van der Waals surface area contributed by atoms with Crippen molar-refractivity contribution in [3.63, 3.8) is 0 Å². The number of hydrazone groups is 1. The molecule has 0 spiro atoms. The van der Waals surface area contributed by atoms with Crippen molar-refractivity contribution in [1.29, 1.82) is 0 Å². The van der Waals surface area contributed by atoms with Gasteiger partial charge in [0.25, 0.3) is 0 Å². The zero-order chi connectivity index (χ0) is 19.2. The number of alkyl halides is 3. The van der Waals surface area contributed by atoms with Crippen LogP contribution in [-0.2, 0) is 11.0 Å². The number of rotatable bonds is 2. The summed E-state index contributed by atoms with van der Waals surface area (Å²) < 4.78 is 44.4. The molecule has 27 heavy (non-hydrogen) atoms. The third-order valence-electron chi connectivity index (χ3n) is 4.57. The van der Waals surface area contributed by atoms with Gasteiger partial charge in [0, 0.05) is 28.6 Å². The van der Waals surface area contributed by atoms with Gasteiger partial charge >= 0.3 is 6.18 Å². The molecule has 0 aliphatic carbocycles. The Bertz CT molecular complexity index is 943. The highest BCUT2D eigenvalue weighted by molar-refractivity contribution is 7.99. The van der Waals surface area contributed by atoms with E-state index in [-0.39, 0.29) is 23.9 Å². The molecule has 0 N–H and O–H groups in total. The monoisotopic (exact) mass is 392 g/mol. The predicted molar refractivity (Wildman–Crippen MR) is 97.3 cm³/mol. The van der Waals surface area contributed by atoms with Crippen LogP contribution in [0.5, 0.6) is 5.75 Å². The van der Waals surface area contributed by atoms with Crippen LogP contribution >= 0.6 is 11.8 Å². The number of ether oxygens (including phenoxy) is 1. The predicted octanol–water partition coefficient (Wildman–Crippen LogP) is 4.58. The van der Waals surface area contributed by atoms with Crippen molar-refractivity contribution >= 4 is 29.1 Å². The van der Waals surface area contributed by atoms with Crippen LogP contribution in [0.3, 0.4) is 0 Å². The van der Waals surface area contributed by atoms with Crippen molar-refractivity contribution in [2.75, 3.05) is 17.9 Å². The molecule has 0 bridgehead atoms. The summed E-state index contributed by atoms with van der Waals surface area (Å²) in [7, 11) is 1.57. The third-order valence-corrected chi connectivity index (χ3v) is 5.81. The molecule has 2 aliphatic heterocycles. The van der Waals surface area contributed by atoms with Crippen molar-refractivity contribution in [3.05, 3.63) is 53.6 Å². The van der Waals surface area contributed by atoms with E-state index < -0.39 is 11.7 Å². The van der Waals surface area contributed by atoms with Gasteiger partial charge < -0.3 is 4.74 Å². The van der Waals surface area contributed by atoms with Crippen LogP contribution in [0, 0.1) is 5.92 Å². The highest BCUT2D eigenvalue weighted by Crippen LogP contribution is 2.40. The third kappa shape index (κ3) is 3.29. The van der Waals surface area contributed by atoms with Gasteiger partial charge in [-0.05, 0) is 36.4 Å². The van der Waals surface area contributed by atoms with Crippen molar-refractivity contribution in [3.8, 4) is 5.75 Å². The summed E-state index contributed by atoms with van der Waals surface area (Å²) in [5.41, 5.74) is 0.875. The Morgan fingerprint density at radius 3 is 2.78 bits per heavy atom. The number of thioether (sulfide) groups is 1. The Morgan fingerprint density at radius 1 is 1.22 bits per heavy atom. The standard InChI is InChI=1S/C19H15F3N2O2S/c1-26-14-5-6-16-15(9-14)18-11(10-27-16)7-17(25)24(23-18)13-4-2-3-12(8-13)19(20,21)22/h2-6,8-9,11H,7,10H2,1H3. The first kappa shape index (κ1) is 17.9. The summed E-state index contributed by atoms with van der Waals surface area (Å²) in [6.07, 6.45) is -4.27. The van der Waals surface area contributed by atoms with Gasteiger partial charge in [-0.3, -0.25) is 4.79 Å². The van der Waals surface area contributed by atoms with E-state index in [1.54, 1.807) is 18.9 Å². The van der Waals surface area contributed by atoms with E-state index in [4.69, 9.17) is 4.74 Å². The van der Waals surface area contributed by atoms with E-state index in [1.807, 2.05) is 18.2 Å². The minimum Gasteiger partial charge on any atom is -0.497 e. The van der Waals surface area contributed by atoms with Crippen LogP contribution in [0.2, 0.25) is 0 Å². The average molecular weight is 392 g/mol. The molecule has 1 atom stereocenters. The van der Waals surface area contributed by atoms with Gasteiger partial charge in [0.05, 0.1) is 24.1 Å². The fraction of sp³-hybridized carbons (Fsp3) is 0.263. The average Bonchev–Trinajstić information content (AvgIpc) is 2.66. The van der Waals surface area contributed by atoms with Crippen LogP contribution in [0.15, 0.2) is 52.5 Å². The van der Waals surface area contributed by atoms with Gasteiger partial charge in [0.15, 0.2) is 0 Å². The number of hydrogen-bond acceptors (Lipinski definition) is 4. The second-order valence-electron chi connectivity index (χ2n) is 6.31. The number of halogens is 3. The maximum atomic E-state index is 13.0. The number of amides is 1. The molecule has 2 aromatic rings. The Balaban J connectivity index is 1.79. The number of anilines is 1. The lowest BCUT2D eigenvalue weighted by Gasteiger charge is -2.33. The minimum atomic E-state index is -4.48. The first-order valence-electron chi connectivity index (χ1n) is 8.27. The molecule has 0 fully saturated rings. The summed E-state index contributed by atoms with van der Waals surface area (Å²) >= 11 is 1.64. The zero-order valence-corrected chi connectivity index (χ0v) is 15.1. The maximum absolute atomic E-state index is 13.0. The number of methoxy groups -OCH3 is 1. The number of fused-ring (bicyclic) bond motifs is 3. The Morgan fingerprint density at radius 2 is 2.04 bits per heavy atom. The highest BCUT2D eigenvalue weighted by atomic mass is 32.2. The molecule has 0 saturated carbocycles. The van der Waals surface area contributed by atoms with Crippen LogP contribution in [0.25, 0.3) is 0 Å². The highest BCUT2D eigenvalue weighted by Gasteiger charge is 2.36. The molecule has 0 saturated heterocycles. The van der Waals surface area contributed by atoms with Gasteiger partial charge in [0.1, 0.15) is 5.75 Å². The molecule has 1 unspecified atom stereocenters. The number of carbonyl (C=O) groups is 1. The van der Waals surface area contributed by atoms with Crippen molar-refractivity contribution in [2.45, 2.75) is 17.5 Å². The molecule has 140 valence electrons. The molecule has 0 aromatic heterocycles. The summed E-state index contributed by atoms with van der Waals surface area (Å²) in [5, 5.41) is 5.54. The first-order valence-corrected chi connectivity index (χ1v) is 9.25. The van der Waals surface area contributed by atoms with Crippen LogP contribution < -0.4 is 9.75 Å². The lowest BCUT2D eigenvalue weighted by molar-refractivity contribution is -0.137. The Labute approximate surface area is 158 Å². The van der Waals surface area contributed by atoms with E-state index in [2.05, 4.69) is 5.10 Å². The van der Waals surface area contributed by atoms with Gasteiger partial charge in [0.2, 0.25) is 5.91 Å². The number of hydrogen-bond donors (Lipinski definition) is 0. The van der Waals surface area contributed by atoms with E-state index in [9.17, 15) is 18.0 Å². The topological polar surface area (TPSA) is 41.9 Å². The Kier molecular flexibility index (Phi) is 4.38. The van der Waals surface area contributed by atoms with Gasteiger partial charge in [-0.2, -0.15) is 18.3 Å². The lowest BCUT2D eigenvalue weighted by Crippen LogP contribution is -2.39. The van der Waals surface area contributed by atoms with Crippen molar-refractivity contribution in [1.82, 2.24) is 0 Å². The van der Waals surface area contributed by atoms with E-state index in [0.29, 0.717) is 17.2 Å². The van der Waals surface area contributed by atoms with Gasteiger partial charge in [-0.25, -0.2) is 5.01 Å². The van der Waals surface area contributed by atoms with E-state index >= 15 is 0 Å². The lowest BCUT2D eigenvalue weighted by atomic mass is 9.92. The molecule has 8 heteroatoms. The van der Waals surface area contributed by atoms with E-state index in [0.717, 1.165) is 27.6 Å². The fourth-order valence-corrected chi connectivity index (χ4v) is 4.36. The van der Waals surface area contributed by atoms with Crippen LogP contribution in [0.4, 0.5) is 18.9 Å². The first-order chi connectivity index (χ1) is 12.9. The largest absolute Gasteiger partial charge is 0.497 e. The SMILES string of the molecule is COc1ccc2c(c1)C1=NN(c3cccc(C(F)(F)F)c3)C(=O)CC1CS2. The molecule has 0 radical (unpaired) electrons. The second-order valence-corrected chi connectivity index (χ2v) is 7.37. The summed E-state index contributed by atoms with van der Waals surface area (Å²) in [6.45, 7) is 0. The fourth-order valence-electron chi connectivity index (χ4n) is 3.22. The second kappa shape index (κ2) is 6.60. The zero-order valence-electron chi connectivity index (χ0n) is 14.3. The molecule has 2 aliphatic rings. The van der Waals surface area contributed by atoms with E-state index in [1.165, 1.54) is 12.1 Å². The molecular formula is C19H15F3N2O2S. The quantitative estimate of drug-likeness (QED) is 0.752. The molecule has 2 heterocycles. The van der Waals surface area contributed by atoms with Crippen molar-refractivity contribution < 1.29 is 22.7 Å². The van der Waals surface area contributed by atoms with Gasteiger partial charge in [-0.15, -0.1) is 11.8 Å².